The molecule has 0 radical (unpaired) electrons. The fourth-order valence-corrected chi connectivity index (χ4v) is 2.27. The summed E-state index contributed by atoms with van der Waals surface area (Å²) in [6.07, 6.45) is 0. The molecule has 0 atom stereocenters. The van der Waals surface area contributed by atoms with E-state index in [1.807, 2.05) is 17.5 Å². The maximum absolute atomic E-state index is 5.33. The number of nitrogens with zero attached hydrogens (tertiary/aromatic N) is 2. The van der Waals surface area contributed by atoms with Gasteiger partial charge in [-0.25, -0.2) is 4.98 Å². The molecule has 0 saturated heterocycles. The third-order valence-electron chi connectivity index (χ3n) is 2.40. The number of methoxy groups -OCH3 is 2. The summed E-state index contributed by atoms with van der Waals surface area (Å²) in [6, 6.07) is 5.53. The summed E-state index contributed by atoms with van der Waals surface area (Å²) in [6.45, 7) is 0. The summed E-state index contributed by atoms with van der Waals surface area (Å²) in [4.78, 5) is 8.24. The normalized spacial score (nSPS) is 10.0. The lowest BCUT2D eigenvalue weighted by atomic mass is 10.1. The van der Waals surface area contributed by atoms with E-state index in [2.05, 4.69) is 9.98 Å². The second kappa shape index (κ2) is 5.57. The lowest BCUT2D eigenvalue weighted by molar-refractivity contribution is 0.395. The Bertz CT molecular complexity index is 606. The second-order valence-electron chi connectivity index (χ2n) is 3.62. The minimum absolute atomic E-state index is 0.0115. The number of hydrogen-bond acceptors (Lipinski definition) is 5. The van der Waals surface area contributed by atoms with Gasteiger partial charge in [-0.2, -0.15) is 4.99 Å². The van der Waals surface area contributed by atoms with Crippen LogP contribution in [0.1, 0.15) is 0 Å². The fraction of sp³-hybridized carbons (Fsp3) is 0.167. The first-order valence-electron chi connectivity index (χ1n) is 5.41. The van der Waals surface area contributed by atoms with Gasteiger partial charge in [0.2, 0.25) is 5.13 Å². The van der Waals surface area contributed by atoms with Crippen LogP contribution < -0.4 is 20.9 Å². The minimum atomic E-state index is -0.0115. The van der Waals surface area contributed by atoms with E-state index >= 15 is 0 Å². The van der Waals surface area contributed by atoms with Crippen molar-refractivity contribution < 1.29 is 9.47 Å². The maximum Gasteiger partial charge on any atom is 0.212 e. The van der Waals surface area contributed by atoms with Crippen LogP contribution in [-0.4, -0.2) is 25.2 Å². The highest BCUT2D eigenvalue weighted by molar-refractivity contribution is 7.13. The van der Waals surface area contributed by atoms with Gasteiger partial charge in [0.05, 0.1) is 19.9 Å². The molecule has 0 bridgehead atoms. The third kappa shape index (κ3) is 2.94. The topological polar surface area (TPSA) is 95.8 Å². The zero-order chi connectivity index (χ0) is 13.8. The second-order valence-corrected chi connectivity index (χ2v) is 4.45. The number of rotatable bonds is 4. The molecule has 0 unspecified atom stereocenters. The molecule has 0 aliphatic carbocycles. The zero-order valence-corrected chi connectivity index (χ0v) is 11.4. The Labute approximate surface area is 114 Å². The lowest BCUT2D eigenvalue weighted by Crippen LogP contribution is -2.21. The van der Waals surface area contributed by atoms with Crippen LogP contribution >= 0.6 is 11.3 Å². The molecule has 1 heterocycles. The maximum atomic E-state index is 5.33. The molecule has 0 fully saturated rings. The molecular weight excluding hydrogens is 264 g/mol. The van der Waals surface area contributed by atoms with Crippen LogP contribution in [0.5, 0.6) is 11.5 Å². The first-order chi connectivity index (χ1) is 9.13. The Morgan fingerprint density at radius 1 is 1.26 bits per heavy atom. The molecule has 1 aromatic carbocycles. The number of hydrogen-bond donors (Lipinski definition) is 2. The Morgan fingerprint density at radius 2 is 2.05 bits per heavy atom. The van der Waals surface area contributed by atoms with Gasteiger partial charge in [-0.1, -0.05) is 0 Å². The molecule has 100 valence electrons. The van der Waals surface area contributed by atoms with Gasteiger partial charge >= 0.3 is 0 Å². The lowest BCUT2D eigenvalue weighted by Gasteiger charge is -2.08. The van der Waals surface area contributed by atoms with E-state index in [4.69, 9.17) is 20.9 Å². The van der Waals surface area contributed by atoms with Gasteiger partial charge in [0.25, 0.3) is 0 Å². The Balaban J connectivity index is 2.41. The summed E-state index contributed by atoms with van der Waals surface area (Å²) in [5, 5.41) is 2.37. The molecule has 6 nitrogen and oxygen atoms in total. The van der Waals surface area contributed by atoms with E-state index < -0.39 is 0 Å². The van der Waals surface area contributed by atoms with Crippen LogP contribution in [0.3, 0.4) is 0 Å². The van der Waals surface area contributed by atoms with Crippen LogP contribution in [0.4, 0.5) is 5.13 Å². The number of aliphatic imine (C=N–C) groups is 1. The Hall–Kier alpha value is -2.28. The van der Waals surface area contributed by atoms with Crippen LogP contribution in [0.15, 0.2) is 28.6 Å². The van der Waals surface area contributed by atoms with Crippen molar-refractivity contribution in [3.05, 3.63) is 23.6 Å². The van der Waals surface area contributed by atoms with Gasteiger partial charge in [-0.05, 0) is 12.1 Å². The minimum Gasteiger partial charge on any atom is -0.497 e. The van der Waals surface area contributed by atoms with Crippen molar-refractivity contribution in [3.63, 3.8) is 0 Å². The Morgan fingerprint density at radius 3 is 2.68 bits per heavy atom. The number of nitrogens with two attached hydrogens (primary N) is 2. The van der Waals surface area contributed by atoms with Gasteiger partial charge in [-0.3, -0.25) is 0 Å². The molecule has 4 N–H and O–H groups in total. The average molecular weight is 278 g/mol. The molecule has 2 rings (SSSR count). The highest BCUT2D eigenvalue weighted by Crippen LogP contribution is 2.35. The summed E-state index contributed by atoms with van der Waals surface area (Å²) in [5.41, 5.74) is 12.3. The van der Waals surface area contributed by atoms with Crippen molar-refractivity contribution >= 4 is 22.4 Å². The number of thiazole rings is 1. The first kappa shape index (κ1) is 13.2. The van der Waals surface area contributed by atoms with Crippen molar-refractivity contribution in [2.45, 2.75) is 0 Å². The van der Waals surface area contributed by atoms with Crippen LogP contribution in [0, 0.1) is 0 Å². The number of aromatic nitrogens is 1. The SMILES string of the molecule is COc1ccc(-c2csc(N=C(N)N)n2)c(OC)c1. The average Bonchev–Trinajstić information content (AvgIpc) is 2.85. The van der Waals surface area contributed by atoms with E-state index in [9.17, 15) is 0 Å². The summed E-state index contributed by atoms with van der Waals surface area (Å²) in [5.74, 6) is 1.39. The van der Waals surface area contributed by atoms with E-state index in [1.54, 1.807) is 20.3 Å². The monoisotopic (exact) mass is 278 g/mol. The summed E-state index contributed by atoms with van der Waals surface area (Å²) >= 11 is 1.36. The highest BCUT2D eigenvalue weighted by Gasteiger charge is 2.11. The largest absolute Gasteiger partial charge is 0.497 e. The number of ether oxygens (including phenoxy) is 2. The van der Waals surface area contributed by atoms with Crippen molar-refractivity contribution in [2.24, 2.45) is 16.5 Å². The summed E-state index contributed by atoms with van der Waals surface area (Å²) < 4.78 is 10.5. The predicted octanol–water partition coefficient (Wildman–Crippen LogP) is 1.73. The third-order valence-corrected chi connectivity index (χ3v) is 3.14. The van der Waals surface area contributed by atoms with Crippen molar-refractivity contribution in [1.82, 2.24) is 4.98 Å². The van der Waals surface area contributed by atoms with Gasteiger partial charge in [-0.15, -0.1) is 11.3 Å². The molecule has 1 aromatic heterocycles. The van der Waals surface area contributed by atoms with Crippen molar-refractivity contribution in [1.29, 1.82) is 0 Å². The quantitative estimate of drug-likeness (QED) is 0.656. The molecule has 0 aliphatic rings. The van der Waals surface area contributed by atoms with Gasteiger partial charge < -0.3 is 20.9 Å². The molecule has 7 heteroatoms. The van der Waals surface area contributed by atoms with Crippen LogP contribution in [-0.2, 0) is 0 Å². The van der Waals surface area contributed by atoms with Gasteiger partial charge in [0.15, 0.2) is 5.96 Å². The molecule has 0 aliphatic heterocycles. The molecular formula is C12H14N4O2S. The van der Waals surface area contributed by atoms with Gasteiger partial charge in [0.1, 0.15) is 11.5 Å². The molecule has 2 aromatic rings. The van der Waals surface area contributed by atoms with Crippen molar-refractivity contribution in [2.75, 3.05) is 14.2 Å². The standard InChI is InChI=1S/C12H14N4O2S/c1-17-7-3-4-8(10(5-7)18-2)9-6-19-12(15-9)16-11(13)14/h3-6H,1-2H3,(H4,13,14,15,16). The zero-order valence-electron chi connectivity index (χ0n) is 10.6. The van der Waals surface area contributed by atoms with Crippen LogP contribution in [0.2, 0.25) is 0 Å². The van der Waals surface area contributed by atoms with E-state index in [0.29, 0.717) is 10.9 Å². The van der Waals surface area contributed by atoms with Crippen molar-refractivity contribution in [3.8, 4) is 22.8 Å². The molecule has 0 amide bonds. The predicted molar refractivity (Wildman–Crippen MR) is 76.1 cm³/mol. The summed E-state index contributed by atoms with van der Waals surface area (Å²) in [7, 11) is 3.20. The number of benzene rings is 1. The molecule has 19 heavy (non-hydrogen) atoms. The van der Waals surface area contributed by atoms with E-state index in [-0.39, 0.29) is 5.96 Å². The first-order valence-corrected chi connectivity index (χ1v) is 6.29. The fourth-order valence-electron chi connectivity index (χ4n) is 1.56. The van der Waals surface area contributed by atoms with E-state index in [0.717, 1.165) is 17.0 Å². The van der Waals surface area contributed by atoms with E-state index in [1.165, 1.54) is 11.3 Å². The smallest absolute Gasteiger partial charge is 0.212 e. The van der Waals surface area contributed by atoms with Crippen LogP contribution in [0.25, 0.3) is 11.3 Å². The highest BCUT2D eigenvalue weighted by atomic mass is 32.1. The molecule has 0 saturated carbocycles. The Kier molecular flexibility index (Phi) is 3.86. The van der Waals surface area contributed by atoms with Gasteiger partial charge in [0, 0.05) is 17.0 Å². The molecule has 0 spiro atoms. The number of guanidine groups is 1.